The number of hydrogen-bond donors (Lipinski definition) is 2. The van der Waals surface area contributed by atoms with E-state index in [1.807, 2.05) is 19.9 Å². The van der Waals surface area contributed by atoms with Crippen LogP contribution in [0.4, 0.5) is 0 Å². The van der Waals surface area contributed by atoms with Crippen LogP contribution in [-0.2, 0) is 6.42 Å². The second-order valence-electron chi connectivity index (χ2n) is 3.75. The molecule has 1 aromatic rings. The molecule has 0 saturated heterocycles. The number of ether oxygens (including phenoxy) is 1. The maximum absolute atomic E-state index is 9.67. The minimum atomic E-state index is 0.0830. The SMILES string of the molecule is CC(C)Oc1cccc(O)c1CCCO. The summed E-state index contributed by atoms with van der Waals surface area (Å²) >= 11 is 0. The largest absolute Gasteiger partial charge is 0.508 e. The third-order valence-corrected chi connectivity index (χ3v) is 2.06. The summed E-state index contributed by atoms with van der Waals surface area (Å²) in [6.45, 7) is 4.01. The third-order valence-electron chi connectivity index (χ3n) is 2.06. The second kappa shape index (κ2) is 5.61. The van der Waals surface area contributed by atoms with Crippen molar-refractivity contribution in [3.8, 4) is 11.5 Å². The van der Waals surface area contributed by atoms with Crippen molar-refractivity contribution >= 4 is 0 Å². The maximum atomic E-state index is 9.67. The molecular weight excluding hydrogens is 192 g/mol. The van der Waals surface area contributed by atoms with Gasteiger partial charge in [-0.05, 0) is 38.8 Å². The Morgan fingerprint density at radius 3 is 2.67 bits per heavy atom. The molecule has 0 unspecified atom stereocenters. The molecule has 0 amide bonds. The van der Waals surface area contributed by atoms with Gasteiger partial charge in [-0.1, -0.05) is 6.07 Å². The van der Waals surface area contributed by atoms with Gasteiger partial charge in [-0.15, -0.1) is 0 Å². The quantitative estimate of drug-likeness (QED) is 0.782. The fourth-order valence-electron chi connectivity index (χ4n) is 1.43. The van der Waals surface area contributed by atoms with Crippen LogP contribution in [0.3, 0.4) is 0 Å². The number of aliphatic hydroxyl groups excluding tert-OH is 1. The number of aromatic hydroxyl groups is 1. The molecule has 0 heterocycles. The summed E-state index contributed by atoms with van der Waals surface area (Å²) < 4.78 is 5.58. The van der Waals surface area contributed by atoms with Crippen molar-refractivity contribution in [2.45, 2.75) is 32.8 Å². The maximum Gasteiger partial charge on any atom is 0.126 e. The monoisotopic (exact) mass is 210 g/mol. The predicted molar refractivity (Wildman–Crippen MR) is 59.3 cm³/mol. The number of hydrogen-bond acceptors (Lipinski definition) is 3. The van der Waals surface area contributed by atoms with Crippen molar-refractivity contribution < 1.29 is 14.9 Å². The highest BCUT2D eigenvalue weighted by Gasteiger charge is 2.09. The second-order valence-corrected chi connectivity index (χ2v) is 3.75. The van der Waals surface area contributed by atoms with Crippen molar-refractivity contribution in [1.82, 2.24) is 0 Å². The summed E-state index contributed by atoms with van der Waals surface area (Å²) in [4.78, 5) is 0. The molecule has 0 atom stereocenters. The molecule has 0 aliphatic rings. The standard InChI is InChI=1S/C12H18O3/c1-9(2)15-12-7-3-6-11(14)10(12)5-4-8-13/h3,6-7,9,13-14H,4-5,8H2,1-2H3. The lowest BCUT2D eigenvalue weighted by atomic mass is 10.1. The van der Waals surface area contributed by atoms with Crippen molar-refractivity contribution in [1.29, 1.82) is 0 Å². The Bertz CT molecular complexity index is 308. The molecule has 15 heavy (non-hydrogen) atoms. The van der Waals surface area contributed by atoms with Crippen molar-refractivity contribution in [3.63, 3.8) is 0 Å². The van der Waals surface area contributed by atoms with Gasteiger partial charge in [-0.25, -0.2) is 0 Å². The van der Waals surface area contributed by atoms with Crippen LogP contribution in [0.2, 0.25) is 0 Å². The Hall–Kier alpha value is -1.22. The van der Waals surface area contributed by atoms with E-state index in [2.05, 4.69) is 0 Å². The molecule has 3 nitrogen and oxygen atoms in total. The van der Waals surface area contributed by atoms with E-state index in [0.717, 1.165) is 5.56 Å². The molecule has 3 heteroatoms. The average Bonchev–Trinajstić information content (AvgIpc) is 2.16. The molecule has 0 bridgehead atoms. The van der Waals surface area contributed by atoms with Gasteiger partial charge in [0.25, 0.3) is 0 Å². The number of phenolic OH excluding ortho intramolecular Hbond substituents is 1. The van der Waals surface area contributed by atoms with E-state index in [-0.39, 0.29) is 18.5 Å². The van der Waals surface area contributed by atoms with Crippen LogP contribution >= 0.6 is 0 Å². The predicted octanol–water partition coefficient (Wildman–Crippen LogP) is 2.10. The van der Waals surface area contributed by atoms with E-state index in [0.29, 0.717) is 18.6 Å². The molecule has 2 N–H and O–H groups in total. The molecule has 84 valence electrons. The zero-order valence-corrected chi connectivity index (χ0v) is 9.23. The fraction of sp³-hybridized carbons (Fsp3) is 0.500. The lowest BCUT2D eigenvalue weighted by Crippen LogP contribution is -2.07. The van der Waals surface area contributed by atoms with Gasteiger partial charge in [0, 0.05) is 12.2 Å². The minimum absolute atomic E-state index is 0.0830. The fourth-order valence-corrected chi connectivity index (χ4v) is 1.43. The lowest BCUT2D eigenvalue weighted by molar-refractivity contribution is 0.237. The minimum Gasteiger partial charge on any atom is -0.508 e. The molecular formula is C12H18O3. The van der Waals surface area contributed by atoms with Crippen molar-refractivity contribution in [2.75, 3.05) is 6.61 Å². The summed E-state index contributed by atoms with van der Waals surface area (Å²) in [5.41, 5.74) is 0.778. The van der Waals surface area contributed by atoms with Gasteiger partial charge in [-0.3, -0.25) is 0 Å². The van der Waals surface area contributed by atoms with E-state index in [1.165, 1.54) is 0 Å². The molecule has 0 aliphatic heterocycles. The van der Waals surface area contributed by atoms with Gasteiger partial charge in [0.1, 0.15) is 11.5 Å². The summed E-state index contributed by atoms with van der Waals surface area (Å²) in [5, 5.41) is 18.4. The van der Waals surface area contributed by atoms with Crippen LogP contribution in [0, 0.1) is 0 Å². The normalized spacial score (nSPS) is 10.7. The van der Waals surface area contributed by atoms with Crippen LogP contribution in [0.1, 0.15) is 25.8 Å². The first-order valence-corrected chi connectivity index (χ1v) is 5.23. The van der Waals surface area contributed by atoms with Crippen LogP contribution in [0.25, 0.3) is 0 Å². The molecule has 0 saturated carbocycles. The number of benzene rings is 1. The first-order valence-electron chi connectivity index (χ1n) is 5.23. The molecule has 0 aromatic heterocycles. The molecule has 1 rings (SSSR count). The van der Waals surface area contributed by atoms with Gasteiger partial charge < -0.3 is 14.9 Å². The van der Waals surface area contributed by atoms with E-state index >= 15 is 0 Å². The van der Waals surface area contributed by atoms with Gasteiger partial charge in [-0.2, -0.15) is 0 Å². The highest BCUT2D eigenvalue weighted by Crippen LogP contribution is 2.29. The average molecular weight is 210 g/mol. The Labute approximate surface area is 90.3 Å². The topological polar surface area (TPSA) is 49.7 Å². The summed E-state index contributed by atoms with van der Waals surface area (Å²) in [7, 11) is 0. The van der Waals surface area contributed by atoms with Crippen LogP contribution < -0.4 is 4.74 Å². The Morgan fingerprint density at radius 1 is 1.33 bits per heavy atom. The van der Waals surface area contributed by atoms with E-state index < -0.39 is 0 Å². The van der Waals surface area contributed by atoms with Gasteiger partial charge in [0.05, 0.1) is 6.10 Å². The van der Waals surface area contributed by atoms with Crippen molar-refractivity contribution in [3.05, 3.63) is 23.8 Å². The highest BCUT2D eigenvalue weighted by molar-refractivity contribution is 5.44. The highest BCUT2D eigenvalue weighted by atomic mass is 16.5. The Morgan fingerprint density at radius 2 is 2.07 bits per heavy atom. The van der Waals surface area contributed by atoms with Crippen LogP contribution in [0.15, 0.2) is 18.2 Å². The Balaban J connectivity index is 2.87. The third kappa shape index (κ3) is 3.44. The van der Waals surface area contributed by atoms with Crippen LogP contribution in [-0.4, -0.2) is 22.9 Å². The van der Waals surface area contributed by atoms with E-state index in [1.54, 1.807) is 12.1 Å². The molecule has 0 spiro atoms. The zero-order chi connectivity index (χ0) is 11.3. The summed E-state index contributed by atoms with van der Waals surface area (Å²) in [6, 6.07) is 5.24. The zero-order valence-electron chi connectivity index (χ0n) is 9.23. The number of phenols is 1. The first kappa shape index (κ1) is 11.9. The van der Waals surface area contributed by atoms with Crippen LogP contribution in [0.5, 0.6) is 11.5 Å². The molecule has 0 radical (unpaired) electrons. The van der Waals surface area contributed by atoms with Gasteiger partial charge >= 0.3 is 0 Å². The lowest BCUT2D eigenvalue weighted by Gasteiger charge is -2.14. The molecule has 0 fully saturated rings. The Kier molecular flexibility index (Phi) is 4.43. The van der Waals surface area contributed by atoms with Gasteiger partial charge in [0.2, 0.25) is 0 Å². The van der Waals surface area contributed by atoms with E-state index in [4.69, 9.17) is 9.84 Å². The van der Waals surface area contributed by atoms with Gasteiger partial charge in [0.15, 0.2) is 0 Å². The number of aliphatic hydroxyl groups is 1. The first-order chi connectivity index (χ1) is 7.15. The summed E-state index contributed by atoms with van der Waals surface area (Å²) in [5.74, 6) is 0.944. The number of rotatable bonds is 5. The van der Waals surface area contributed by atoms with E-state index in [9.17, 15) is 5.11 Å². The van der Waals surface area contributed by atoms with Crippen molar-refractivity contribution in [2.24, 2.45) is 0 Å². The molecule has 1 aromatic carbocycles. The summed E-state index contributed by atoms with van der Waals surface area (Å²) in [6.07, 6.45) is 1.34. The smallest absolute Gasteiger partial charge is 0.126 e. The molecule has 0 aliphatic carbocycles.